The fourth-order valence-corrected chi connectivity index (χ4v) is 4.07. The van der Waals surface area contributed by atoms with Gasteiger partial charge in [-0.05, 0) is 24.5 Å². The first-order chi connectivity index (χ1) is 15.8. The molecule has 1 atom stereocenters. The van der Waals surface area contributed by atoms with Crippen molar-refractivity contribution < 1.29 is 4.74 Å². The van der Waals surface area contributed by atoms with Crippen molar-refractivity contribution in [2.75, 3.05) is 26.2 Å². The number of hydrogen-bond acceptors (Lipinski definition) is 3. The van der Waals surface area contributed by atoms with Crippen LogP contribution in [0.2, 0.25) is 0 Å². The van der Waals surface area contributed by atoms with Crippen molar-refractivity contribution in [3.63, 3.8) is 0 Å². The number of benzene rings is 2. The Morgan fingerprint density at radius 1 is 1.09 bits per heavy atom. The Morgan fingerprint density at radius 3 is 2.59 bits per heavy atom. The number of hydrogen-bond donors (Lipinski definition) is 1. The molecule has 32 heavy (non-hydrogen) atoms. The second-order valence-electron chi connectivity index (χ2n) is 8.23. The van der Waals surface area contributed by atoms with E-state index in [1.807, 2.05) is 24.5 Å². The molecular weight excluding hydrogens is 398 g/mol. The second-order valence-corrected chi connectivity index (χ2v) is 8.23. The Balaban J connectivity index is 1.31. The van der Waals surface area contributed by atoms with Crippen molar-refractivity contribution in [1.29, 1.82) is 0 Å². The summed E-state index contributed by atoms with van der Waals surface area (Å²) in [6.45, 7) is 7.77. The van der Waals surface area contributed by atoms with Gasteiger partial charge in [-0.2, -0.15) is 0 Å². The topological polar surface area (TPSA) is 54.7 Å². The molecule has 1 aromatic heterocycles. The molecule has 0 aliphatic carbocycles. The fourth-order valence-electron chi connectivity index (χ4n) is 4.07. The molecule has 168 valence electrons. The molecule has 1 unspecified atom stereocenters. The number of ether oxygens (including phenoxy) is 1. The zero-order valence-corrected chi connectivity index (χ0v) is 18.9. The SMILES string of the molecule is CCNC(=NCc1nccn1Cc1ccccc1)N1CCC(COCc2ccccc2)C1. The first kappa shape index (κ1) is 22.1. The maximum Gasteiger partial charge on any atom is 0.194 e. The van der Waals surface area contributed by atoms with Gasteiger partial charge in [-0.3, -0.25) is 0 Å². The molecule has 4 rings (SSSR count). The zero-order valence-electron chi connectivity index (χ0n) is 18.9. The third-order valence-electron chi connectivity index (χ3n) is 5.75. The number of nitrogens with zero attached hydrogens (tertiary/aromatic N) is 4. The molecule has 1 N–H and O–H groups in total. The van der Waals surface area contributed by atoms with E-state index in [1.54, 1.807) is 0 Å². The molecule has 1 saturated heterocycles. The molecule has 6 heteroatoms. The Labute approximate surface area is 191 Å². The summed E-state index contributed by atoms with van der Waals surface area (Å²) < 4.78 is 8.16. The normalized spacial score (nSPS) is 16.5. The summed E-state index contributed by atoms with van der Waals surface area (Å²) in [7, 11) is 0. The van der Waals surface area contributed by atoms with E-state index in [1.165, 1.54) is 11.1 Å². The molecule has 0 bridgehead atoms. The molecule has 0 saturated carbocycles. The lowest BCUT2D eigenvalue weighted by atomic mass is 10.1. The number of guanidine groups is 1. The maximum atomic E-state index is 5.98. The van der Waals surface area contributed by atoms with Gasteiger partial charge in [0.25, 0.3) is 0 Å². The summed E-state index contributed by atoms with van der Waals surface area (Å²) >= 11 is 0. The molecule has 3 aromatic rings. The smallest absolute Gasteiger partial charge is 0.194 e. The monoisotopic (exact) mass is 431 g/mol. The van der Waals surface area contributed by atoms with Gasteiger partial charge in [-0.15, -0.1) is 0 Å². The van der Waals surface area contributed by atoms with Crippen molar-refractivity contribution in [2.45, 2.75) is 33.0 Å². The van der Waals surface area contributed by atoms with E-state index in [2.05, 4.69) is 75.2 Å². The molecular formula is C26H33N5O. The summed E-state index contributed by atoms with van der Waals surface area (Å²) in [4.78, 5) is 11.8. The molecule has 1 fully saturated rings. The van der Waals surface area contributed by atoms with Gasteiger partial charge in [0.1, 0.15) is 12.4 Å². The third-order valence-corrected chi connectivity index (χ3v) is 5.75. The van der Waals surface area contributed by atoms with Crippen molar-refractivity contribution in [3.8, 4) is 0 Å². The van der Waals surface area contributed by atoms with Gasteiger partial charge in [0.2, 0.25) is 0 Å². The molecule has 0 radical (unpaired) electrons. The lowest BCUT2D eigenvalue weighted by Crippen LogP contribution is -2.40. The highest BCUT2D eigenvalue weighted by molar-refractivity contribution is 5.80. The summed E-state index contributed by atoms with van der Waals surface area (Å²) in [6, 6.07) is 20.8. The van der Waals surface area contributed by atoms with Crippen LogP contribution in [-0.2, 0) is 24.4 Å². The number of aromatic nitrogens is 2. The van der Waals surface area contributed by atoms with Crippen LogP contribution in [0, 0.1) is 5.92 Å². The predicted molar refractivity (Wildman–Crippen MR) is 128 cm³/mol. The molecule has 0 spiro atoms. The first-order valence-electron chi connectivity index (χ1n) is 11.5. The summed E-state index contributed by atoms with van der Waals surface area (Å²) in [5.74, 6) is 2.47. The van der Waals surface area contributed by atoms with Crippen LogP contribution in [0.15, 0.2) is 78.0 Å². The Hall–Kier alpha value is -3.12. The van der Waals surface area contributed by atoms with E-state index in [0.29, 0.717) is 19.1 Å². The van der Waals surface area contributed by atoms with Crippen LogP contribution in [0.3, 0.4) is 0 Å². The Morgan fingerprint density at radius 2 is 1.84 bits per heavy atom. The minimum atomic E-state index is 0.530. The highest BCUT2D eigenvalue weighted by atomic mass is 16.5. The van der Waals surface area contributed by atoms with Gasteiger partial charge >= 0.3 is 0 Å². The van der Waals surface area contributed by atoms with Crippen LogP contribution in [0.1, 0.15) is 30.3 Å². The summed E-state index contributed by atoms with van der Waals surface area (Å²) in [5, 5.41) is 3.46. The van der Waals surface area contributed by atoms with E-state index < -0.39 is 0 Å². The average Bonchev–Trinajstić information content (AvgIpc) is 3.48. The zero-order chi connectivity index (χ0) is 22.0. The average molecular weight is 432 g/mol. The first-order valence-corrected chi connectivity index (χ1v) is 11.5. The van der Waals surface area contributed by atoms with Crippen molar-refractivity contribution in [1.82, 2.24) is 19.8 Å². The maximum absolute atomic E-state index is 5.98. The van der Waals surface area contributed by atoms with E-state index >= 15 is 0 Å². The van der Waals surface area contributed by atoms with Crippen molar-refractivity contribution in [2.24, 2.45) is 10.9 Å². The lowest BCUT2D eigenvalue weighted by Gasteiger charge is -2.21. The minimum Gasteiger partial charge on any atom is -0.376 e. The van der Waals surface area contributed by atoms with Gasteiger partial charge in [0, 0.05) is 44.5 Å². The van der Waals surface area contributed by atoms with Crippen molar-refractivity contribution >= 4 is 5.96 Å². The number of nitrogens with one attached hydrogen (secondary N) is 1. The van der Waals surface area contributed by atoms with Gasteiger partial charge in [0.05, 0.1) is 13.2 Å². The van der Waals surface area contributed by atoms with Gasteiger partial charge < -0.3 is 19.5 Å². The van der Waals surface area contributed by atoms with Gasteiger partial charge in [0.15, 0.2) is 5.96 Å². The number of rotatable bonds is 9. The lowest BCUT2D eigenvalue weighted by molar-refractivity contribution is 0.0906. The minimum absolute atomic E-state index is 0.530. The molecule has 1 aliphatic rings. The van der Waals surface area contributed by atoms with E-state index in [0.717, 1.165) is 51.0 Å². The molecule has 1 aliphatic heterocycles. The van der Waals surface area contributed by atoms with Crippen LogP contribution in [0.5, 0.6) is 0 Å². The molecule has 2 aromatic carbocycles. The fraction of sp³-hybridized carbons (Fsp3) is 0.385. The van der Waals surface area contributed by atoms with E-state index in [-0.39, 0.29) is 0 Å². The van der Waals surface area contributed by atoms with Crippen LogP contribution >= 0.6 is 0 Å². The third kappa shape index (κ3) is 6.20. The number of likely N-dealkylation sites (tertiary alicyclic amines) is 1. The largest absolute Gasteiger partial charge is 0.376 e. The van der Waals surface area contributed by atoms with E-state index in [4.69, 9.17) is 9.73 Å². The number of aliphatic imine (C=N–C) groups is 1. The second kappa shape index (κ2) is 11.5. The summed E-state index contributed by atoms with van der Waals surface area (Å²) in [5.41, 5.74) is 2.49. The van der Waals surface area contributed by atoms with Crippen LogP contribution in [-0.4, -0.2) is 46.7 Å². The van der Waals surface area contributed by atoms with Gasteiger partial charge in [-0.1, -0.05) is 60.7 Å². The van der Waals surface area contributed by atoms with Crippen LogP contribution in [0.25, 0.3) is 0 Å². The Kier molecular flexibility index (Phi) is 7.93. The standard InChI is InChI=1S/C26H33N5O/c1-2-27-26(29-17-25-28-14-16-30(25)18-22-9-5-3-6-10-22)31-15-13-24(19-31)21-32-20-23-11-7-4-8-12-23/h3-12,14,16,24H,2,13,15,17-21H2,1H3,(H,27,29). The van der Waals surface area contributed by atoms with Crippen molar-refractivity contribution in [3.05, 3.63) is 90.0 Å². The predicted octanol–water partition coefficient (Wildman–Crippen LogP) is 3.94. The van der Waals surface area contributed by atoms with Gasteiger partial charge in [-0.25, -0.2) is 9.98 Å². The molecule has 2 heterocycles. The highest BCUT2D eigenvalue weighted by Crippen LogP contribution is 2.18. The van der Waals surface area contributed by atoms with Crippen LogP contribution in [0.4, 0.5) is 0 Å². The van der Waals surface area contributed by atoms with Crippen LogP contribution < -0.4 is 5.32 Å². The Bertz CT molecular complexity index is 970. The molecule has 6 nitrogen and oxygen atoms in total. The number of imidazole rings is 1. The van der Waals surface area contributed by atoms with E-state index in [9.17, 15) is 0 Å². The molecule has 0 amide bonds. The summed E-state index contributed by atoms with van der Waals surface area (Å²) in [6.07, 6.45) is 5.01. The quantitative estimate of drug-likeness (QED) is 0.412. The highest BCUT2D eigenvalue weighted by Gasteiger charge is 2.25.